The Bertz CT molecular complexity index is 410. The summed E-state index contributed by atoms with van der Waals surface area (Å²) in [7, 11) is 3.26. The fourth-order valence-electron chi connectivity index (χ4n) is 1.62. The van der Waals surface area contributed by atoms with Crippen LogP contribution in [-0.4, -0.2) is 27.4 Å². The first kappa shape index (κ1) is 15.9. The molecule has 0 heterocycles. The van der Waals surface area contributed by atoms with Gasteiger partial charge in [0.25, 0.3) is 0 Å². The predicted octanol–water partition coefficient (Wildman–Crippen LogP) is 3.11. The van der Waals surface area contributed by atoms with Crippen LogP contribution in [0.25, 0.3) is 0 Å². The van der Waals surface area contributed by atoms with Crippen molar-refractivity contribution in [2.75, 3.05) is 27.4 Å². The number of halogens is 1. The summed E-state index contributed by atoms with van der Waals surface area (Å²) < 4.78 is 16.6. The highest BCUT2D eigenvalue weighted by Crippen LogP contribution is 2.33. The van der Waals surface area contributed by atoms with E-state index in [2.05, 4.69) is 27.8 Å². The zero-order chi connectivity index (χ0) is 14.1. The minimum atomic E-state index is 0.684. The van der Waals surface area contributed by atoms with Gasteiger partial charge in [-0.2, -0.15) is 0 Å². The van der Waals surface area contributed by atoms with Crippen molar-refractivity contribution >= 4 is 15.9 Å². The molecule has 0 atom stereocenters. The van der Waals surface area contributed by atoms with Crippen molar-refractivity contribution in [2.45, 2.75) is 13.0 Å². The Kier molecular flexibility index (Phi) is 7.36. The molecule has 0 saturated carbocycles. The molecule has 0 spiro atoms. The van der Waals surface area contributed by atoms with Gasteiger partial charge >= 0.3 is 0 Å². The zero-order valence-electron chi connectivity index (χ0n) is 11.4. The third kappa shape index (κ3) is 5.12. The quantitative estimate of drug-likeness (QED) is 0.558. The van der Waals surface area contributed by atoms with Crippen LogP contribution in [0, 0.1) is 0 Å². The van der Waals surface area contributed by atoms with Crippen molar-refractivity contribution in [3.63, 3.8) is 0 Å². The smallest absolute Gasteiger partial charge is 0.161 e. The first-order chi connectivity index (χ1) is 9.22. The van der Waals surface area contributed by atoms with Gasteiger partial charge in [0.05, 0.1) is 27.1 Å². The third-order valence-corrected chi connectivity index (χ3v) is 3.34. The van der Waals surface area contributed by atoms with Crippen LogP contribution >= 0.6 is 15.9 Å². The fraction of sp³-hybridized carbons (Fsp3) is 0.429. The number of methoxy groups -OCH3 is 2. The SMILES string of the molecule is C=COCCCNCc1cc(OC)c(OC)cc1Br. The van der Waals surface area contributed by atoms with Gasteiger partial charge in [0.2, 0.25) is 0 Å². The van der Waals surface area contributed by atoms with E-state index in [1.807, 2.05) is 12.1 Å². The molecule has 19 heavy (non-hydrogen) atoms. The number of ether oxygens (including phenoxy) is 3. The standard InChI is InChI=1S/C14H20BrNO3/c1-4-19-7-5-6-16-10-11-8-13(17-2)14(18-3)9-12(11)15/h4,8-9,16H,1,5-7,10H2,2-3H3. The third-order valence-electron chi connectivity index (χ3n) is 2.60. The van der Waals surface area contributed by atoms with E-state index in [9.17, 15) is 0 Å². The van der Waals surface area contributed by atoms with Crippen LogP contribution in [0.1, 0.15) is 12.0 Å². The van der Waals surface area contributed by atoms with Gasteiger partial charge in [-0.25, -0.2) is 0 Å². The minimum Gasteiger partial charge on any atom is -0.502 e. The van der Waals surface area contributed by atoms with Crippen molar-refractivity contribution in [2.24, 2.45) is 0 Å². The number of rotatable bonds is 9. The molecule has 106 valence electrons. The van der Waals surface area contributed by atoms with Gasteiger partial charge in [0.1, 0.15) is 0 Å². The maximum atomic E-state index is 5.29. The van der Waals surface area contributed by atoms with Crippen LogP contribution in [0.15, 0.2) is 29.4 Å². The monoisotopic (exact) mass is 329 g/mol. The molecule has 1 aromatic rings. The second-order valence-electron chi connectivity index (χ2n) is 3.87. The molecule has 1 N–H and O–H groups in total. The van der Waals surface area contributed by atoms with Gasteiger partial charge in [0, 0.05) is 11.0 Å². The number of nitrogens with one attached hydrogen (secondary N) is 1. The van der Waals surface area contributed by atoms with Gasteiger partial charge in [-0.1, -0.05) is 22.5 Å². The van der Waals surface area contributed by atoms with Gasteiger partial charge < -0.3 is 19.5 Å². The van der Waals surface area contributed by atoms with Gasteiger partial charge in [-0.3, -0.25) is 0 Å². The van der Waals surface area contributed by atoms with Crippen LogP contribution in [0.4, 0.5) is 0 Å². The van der Waals surface area contributed by atoms with E-state index in [-0.39, 0.29) is 0 Å². The summed E-state index contributed by atoms with van der Waals surface area (Å²) in [5.41, 5.74) is 1.13. The second-order valence-corrected chi connectivity index (χ2v) is 4.72. The molecule has 0 saturated heterocycles. The van der Waals surface area contributed by atoms with E-state index in [0.29, 0.717) is 6.61 Å². The summed E-state index contributed by atoms with van der Waals surface area (Å²) in [6.45, 7) is 5.83. The Balaban J connectivity index is 2.51. The summed E-state index contributed by atoms with van der Waals surface area (Å²) in [6.07, 6.45) is 2.40. The summed E-state index contributed by atoms with van der Waals surface area (Å²) in [5.74, 6) is 1.45. The van der Waals surface area contributed by atoms with E-state index in [1.165, 1.54) is 6.26 Å². The molecule has 0 aliphatic rings. The maximum Gasteiger partial charge on any atom is 0.161 e. The Morgan fingerprint density at radius 2 is 1.95 bits per heavy atom. The minimum absolute atomic E-state index is 0.684. The Hall–Kier alpha value is -1.20. The Morgan fingerprint density at radius 3 is 2.58 bits per heavy atom. The molecule has 0 unspecified atom stereocenters. The molecule has 0 fully saturated rings. The number of hydrogen-bond donors (Lipinski definition) is 1. The summed E-state index contributed by atoms with van der Waals surface area (Å²) >= 11 is 3.53. The molecule has 1 aromatic carbocycles. The summed E-state index contributed by atoms with van der Waals surface area (Å²) in [5, 5.41) is 3.35. The number of benzene rings is 1. The number of hydrogen-bond acceptors (Lipinski definition) is 4. The lowest BCUT2D eigenvalue weighted by Crippen LogP contribution is -2.16. The second kappa shape index (κ2) is 8.82. The fourth-order valence-corrected chi connectivity index (χ4v) is 2.08. The van der Waals surface area contributed by atoms with Crippen molar-refractivity contribution in [1.82, 2.24) is 5.32 Å². The summed E-state index contributed by atoms with van der Waals surface area (Å²) in [6, 6.07) is 3.88. The van der Waals surface area contributed by atoms with E-state index < -0.39 is 0 Å². The molecular weight excluding hydrogens is 310 g/mol. The molecule has 0 amide bonds. The molecule has 0 aliphatic heterocycles. The highest BCUT2D eigenvalue weighted by molar-refractivity contribution is 9.10. The molecule has 0 bridgehead atoms. The van der Waals surface area contributed by atoms with Crippen LogP contribution in [0.2, 0.25) is 0 Å². The molecule has 1 rings (SSSR count). The van der Waals surface area contributed by atoms with Crippen molar-refractivity contribution in [3.05, 3.63) is 35.0 Å². The lowest BCUT2D eigenvalue weighted by atomic mass is 10.2. The average molecular weight is 330 g/mol. The first-order valence-electron chi connectivity index (χ1n) is 6.06. The molecule has 5 heteroatoms. The Morgan fingerprint density at radius 1 is 1.26 bits per heavy atom. The lowest BCUT2D eigenvalue weighted by molar-refractivity contribution is 0.244. The van der Waals surface area contributed by atoms with Crippen LogP contribution in [0.5, 0.6) is 11.5 Å². The zero-order valence-corrected chi connectivity index (χ0v) is 13.0. The summed E-state index contributed by atoms with van der Waals surface area (Å²) in [4.78, 5) is 0. The van der Waals surface area contributed by atoms with Crippen molar-refractivity contribution < 1.29 is 14.2 Å². The topological polar surface area (TPSA) is 39.7 Å². The largest absolute Gasteiger partial charge is 0.502 e. The van der Waals surface area contributed by atoms with E-state index >= 15 is 0 Å². The van der Waals surface area contributed by atoms with Crippen LogP contribution in [0.3, 0.4) is 0 Å². The molecule has 4 nitrogen and oxygen atoms in total. The predicted molar refractivity (Wildman–Crippen MR) is 79.7 cm³/mol. The van der Waals surface area contributed by atoms with Crippen LogP contribution < -0.4 is 14.8 Å². The normalized spacial score (nSPS) is 10.1. The van der Waals surface area contributed by atoms with E-state index in [0.717, 1.165) is 41.0 Å². The van der Waals surface area contributed by atoms with Crippen molar-refractivity contribution in [1.29, 1.82) is 0 Å². The molecule has 0 aromatic heterocycles. The van der Waals surface area contributed by atoms with Gasteiger partial charge in [0.15, 0.2) is 11.5 Å². The van der Waals surface area contributed by atoms with Gasteiger partial charge in [-0.15, -0.1) is 0 Å². The average Bonchev–Trinajstić information content (AvgIpc) is 2.43. The van der Waals surface area contributed by atoms with Gasteiger partial charge in [-0.05, 0) is 30.7 Å². The highest BCUT2D eigenvalue weighted by atomic mass is 79.9. The van der Waals surface area contributed by atoms with E-state index in [4.69, 9.17) is 14.2 Å². The molecular formula is C14H20BrNO3. The van der Waals surface area contributed by atoms with E-state index in [1.54, 1.807) is 14.2 Å². The highest BCUT2D eigenvalue weighted by Gasteiger charge is 2.08. The molecule has 0 aliphatic carbocycles. The molecule has 0 radical (unpaired) electrons. The first-order valence-corrected chi connectivity index (χ1v) is 6.85. The maximum absolute atomic E-state index is 5.29. The Labute approximate surface area is 122 Å². The lowest BCUT2D eigenvalue weighted by Gasteiger charge is -2.12. The van der Waals surface area contributed by atoms with Crippen LogP contribution in [-0.2, 0) is 11.3 Å². The van der Waals surface area contributed by atoms with Crippen molar-refractivity contribution in [3.8, 4) is 11.5 Å².